The maximum Gasteiger partial charge on any atom is 0.130 e. The fourth-order valence-corrected chi connectivity index (χ4v) is 1.77. The van der Waals surface area contributed by atoms with Crippen molar-refractivity contribution in [3.63, 3.8) is 0 Å². The summed E-state index contributed by atoms with van der Waals surface area (Å²) >= 11 is 1.45. The quantitative estimate of drug-likeness (QED) is 0.767. The Labute approximate surface area is 91.2 Å². The number of nitrogen functional groups attached to an aromatic ring is 1. The zero-order chi connectivity index (χ0) is 10.7. The van der Waals surface area contributed by atoms with Crippen molar-refractivity contribution in [3.05, 3.63) is 30.5 Å². The minimum Gasteiger partial charge on any atom is -0.383 e. The molecule has 0 aliphatic rings. The topological polar surface area (TPSA) is 77.6 Å². The van der Waals surface area contributed by atoms with Gasteiger partial charge in [0.05, 0.1) is 0 Å². The molecule has 0 atom stereocenters. The average Bonchev–Trinajstić information content (AvgIpc) is 2.26. The fourth-order valence-electron chi connectivity index (χ4n) is 0.988. The van der Waals surface area contributed by atoms with Crippen LogP contribution in [-0.4, -0.2) is 19.9 Å². The van der Waals surface area contributed by atoms with Gasteiger partial charge in [0.2, 0.25) is 0 Å². The summed E-state index contributed by atoms with van der Waals surface area (Å²) in [5.74, 6) is 0.501. The summed E-state index contributed by atoms with van der Waals surface area (Å²) in [5.41, 5.74) is 6.55. The third kappa shape index (κ3) is 2.21. The van der Waals surface area contributed by atoms with E-state index in [-0.39, 0.29) is 0 Å². The number of nitrogens with zero attached hydrogens (tertiary/aromatic N) is 4. The maximum absolute atomic E-state index is 5.68. The molecular formula is C9H9N5S. The molecule has 0 fully saturated rings. The molecule has 0 saturated carbocycles. The number of hydrogen-bond acceptors (Lipinski definition) is 6. The monoisotopic (exact) mass is 219 g/mol. The van der Waals surface area contributed by atoms with Crippen molar-refractivity contribution in [2.45, 2.75) is 17.0 Å². The van der Waals surface area contributed by atoms with E-state index >= 15 is 0 Å². The lowest BCUT2D eigenvalue weighted by Gasteiger charge is -2.04. The molecule has 0 radical (unpaired) electrons. The molecule has 2 aromatic rings. The first-order chi connectivity index (χ1) is 7.27. The summed E-state index contributed by atoms with van der Waals surface area (Å²) in [5, 5.41) is 1.66. The average molecular weight is 219 g/mol. The predicted octanol–water partition coefficient (Wildman–Crippen LogP) is 1.31. The highest BCUT2D eigenvalue weighted by atomic mass is 32.2. The van der Waals surface area contributed by atoms with Gasteiger partial charge in [-0.15, -0.1) is 0 Å². The summed E-state index contributed by atoms with van der Waals surface area (Å²) in [6.07, 6.45) is 4.64. The van der Waals surface area contributed by atoms with Gasteiger partial charge >= 0.3 is 0 Å². The molecule has 2 N–H and O–H groups in total. The van der Waals surface area contributed by atoms with Crippen molar-refractivity contribution in [3.8, 4) is 0 Å². The Morgan fingerprint density at radius 2 is 2.07 bits per heavy atom. The lowest BCUT2D eigenvalue weighted by molar-refractivity contribution is 0.995. The smallest absolute Gasteiger partial charge is 0.130 e. The van der Waals surface area contributed by atoms with Gasteiger partial charge in [0.15, 0.2) is 0 Å². The van der Waals surface area contributed by atoms with Gasteiger partial charge in [0.25, 0.3) is 0 Å². The molecule has 0 spiro atoms. The molecule has 0 bridgehead atoms. The van der Waals surface area contributed by atoms with Gasteiger partial charge in [-0.2, -0.15) is 0 Å². The van der Waals surface area contributed by atoms with E-state index in [2.05, 4.69) is 19.9 Å². The molecule has 6 heteroatoms. The summed E-state index contributed by atoms with van der Waals surface area (Å²) in [7, 11) is 0. The number of hydrogen-bond donors (Lipinski definition) is 1. The zero-order valence-electron chi connectivity index (χ0n) is 8.08. The summed E-state index contributed by atoms with van der Waals surface area (Å²) in [6, 6.07) is 1.82. The second-order valence-corrected chi connectivity index (χ2v) is 3.85. The molecule has 5 nitrogen and oxygen atoms in total. The van der Waals surface area contributed by atoms with Crippen LogP contribution in [0.1, 0.15) is 5.56 Å². The van der Waals surface area contributed by atoms with Gasteiger partial charge in [-0.3, -0.25) is 0 Å². The second-order valence-electron chi connectivity index (χ2n) is 2.84. The van der Waals surface area contributed by atoms with Gasteiger partial charge in [0.1, 0.15) is 28.5 Å². The van der Waals surface area contributed by atoms with Gasteiger partial charge < -0.3 is 5.73 Å². The number of rotatable bonds is 2. The summed E-state index contributed by atoms with van der Waals surface area (Å²) < 4.78 is 0. The van der Waals surface area contributed by atoms with Gasteiger partial charge in [-0.1, -0.05) is 0 Å². The molecule has 0 amide bonds. The normalized spacial score (nSPS) is 10.2. The molecule has 0 aliphatic carbocycles. The predicted molar refractivity (Wildman–Crippen MR) is 57.3 cm³/mol. The standard InChI is InChI=1S/C9H9N5S/c1-6-8(10)13-5-14-9(6)15-7-2-3-11-4-12-7/h2-5H,1H3,(H2,10,13,14). The van der Waals surface area contributed by atoms with E-state index in [1.54, 1.807) is 6.20 Å². The SMILES string of the molecule is Cc1c(N)ncnc1Sc1ccncn1. The number of aromatic nitrogens is 4. The van der Waals surface area contributed by atoms with Crippen LogP contribution in [0.4, 0.5) is 5.82 Å². The number of nitrogens with two attached hydrogens (primary N) is 1. The van der Waals surface area contributed by atoms with Crippen molar-refractivity contribution in [2.75, 3.05) is 5.73 Å². The molecule has 2 rings (SSSR count). The third-order valence-electron chi connectivity index (χ3n) is 1.83. The van der Waals surface area contributed by atoms with Gasteiger partial charge in [0, 0.05) is 11.8 Å². The molecule has 0 aromatic carbocycles. The highest BCUT2D eigenvalue weighted by Crippen LogP contribution is 2.27. The van der Waals surface area contributed by atoms with Crippen LogP contribution in [-0.2, 0) is 0 Å². The van der Waals surface area contributed by atoms with E-state index in [0.717, 1.165) is 15.6 Å². The summed E-state index contributed by atoms with van der Waals surface area (Å²) in [4.78, 5) is 16.0. The zero-order valence-corrected chi connectivity index (χ0v) is 8.90. The van der Waals surface area contributed by atoms with Crippen molar-refractivity contribution in [1.82, 2.24) is 19.9 Å². The Morgan fingerprint density at radius 3 is 2.80 bits per heavy atom. The van der Waals surface area contributed by atoms with E-state index < -0.39 is 0 Å². The van der Waals surface area contributed by atoms with Crippen LogP contribution >= 0.6 is 11.8 Å². The van der Waals surface area contributed by atoms with Crippen molar-refractivity contribution >= 4 is 17.6 Å². The molecule has 0 aliphatic heterocycles. The van der Waals surface area contributed by atoms with Crippen LogP contribution in [0.5, 0.6) is 0 Å². The van der Waals surface area contributed by atoms with E-state index in [9.17, 15) is 0 Å². The molecule has 2 heterocycles. The number of anilines is 1. The Kier molecular flexibility index (Phi) is 2.77. The fraction of sp³-hybridized carbons (Fsp3) is 0.111. The molecular weight excluding hydrogens is 210 g/mol. The second kappa shape index (κ2) is 4.22. The first-order valence-corrected chi connectivity index (χ1v) is 5.10. The third-order valence-corrected chi connectivity index (χ3v) is 2.89. The Balaban J connectivity index is 2.29. The minimum absolute atomic E-state index is 0.501. The van der Waals surface area contributed by atoms with E-state index in [1.807, 2.05) is 13.0 Å². The van der Waals surface area contributed by atoms with Crippen molar-refractivity contribution in [2.24, 2.45) is 0 Å². The lowest BCUT2D eigenvalue weighted by Crippen LogP contribution is -1.97. The maximum atomic E-state index is 5.68. The van der Waals surface area contributed by atoms with Crippen LogP contribution in [0.25, 0.3) is 0 Å². The van der Waals surface area contributed by atoms with E-state index in [1.165, 1.54) is 24.4 Å². The van der Waals surface area contributed by atoms with Crippen LogP contribution < -0.4 is 5.73 Å². The first kappa shape index (κ1) is 9.85. The Hall–Kier alpha value is -1.69. The van der Waals surface area contributed by atoms with Crippen molar-refractivity contribution < 1.29 is 0 Å². The molecule has 15 heavy (non-hydrogen) atoms. The van der Waals surface area contributed by atoms with Gasteiger partial charge in [-0.05, 0) is 24.8 Å². The molecule has 2 aromatic heterocycles. The molecule has 76 valence electrons. The van der Waals surface area contributed by atoms with Crippen LogP contribution in [0.15, 0.2) is 35.0 Å². The Morgan fingerprint density at radius 1 is 1.20 bits per heavy atom. The first-order valence-electron chi connectivity index (χ1n) is 4.28. The van der Waals surface area contributed by atoms with Crippen LogP contribution in [0.3, 0.4) is 0 Å². The largest absolute Gasteiger partial charge is 0.383 e. The molecule has 0 saturated heterocycles. The minimum atomic E-state index is 0.501. The highest BCUT2D eigenvalue weighted by Gasteiger charge is 2.06. The summed E-state index contributed by atoms with van der Waals surface area (Å²) in [6.45, 7) is 1.89. The Bertz CT molecular complexity index is 459. The van der Waals surface area contributed by atoms with E-state index in [0.29, 0.717) is 5.82 Å². The molecule has 0 unspecified atom stereocenters. The highest BCUT2D eigenvalue weighted by molar-refractivity contribution is 7.99. The van der Waals surface area contributed by atoms with Crippen LogP contribution in [0.2, 0.25) is 0 Å². The van der Waals surface area contributed by atoms with E-state index in [4.69, 9.17) is 5.73 Å². The van der Waals surface area contributed by atoms with Crippen molar-refractivity contribution in [1.29, 1.82) is 0 Å². The van der Waals surface area contributed by atoms with Crippen LogP contribution in [0, 0.1) is 6.92 Å². The van der Waals surface area contributed by atoms with Gasteiger partial charge in [-0.25, -0.2) is 19.9 Å². The lowest BCUT2D eigenvalue weighted by atomic mass is 10.4.